The van der Waals surface area contributed by atoms with E-state index in [0.717, 1.165) is 12.8 Å². The maximum Gasteiger partial charge on any atom is 0.387 e. The van der Waals surface area contributed by atoms with Crippen LogP contribution in [0.2, 0.25) is 0 Å². The third-order valence-electron chi connectivity index (χ3n) is 4.57. The summed E-state index contributed by atoms with van der Waals surface area (Å²) in [5.41, 5.74) is 0.930. The molecule has 0 saturated carbocycles. The number of aromatic amines is 1. The molecule has 1 amide bonds. The average Bonchev–Trinajstić information content (AvgIpc) is 2.99. The number of halogens is 2. The molecule has 2 heterocycles. The van der Waals surface area contributed by atoms with Crippen LogP contribution in [0.1, 0.15) is 30.3 Å². The van der Waals surface area contributed by atoms with Crippen molar-refractivity contribution in [1.29, 1.82) is 0 Å². The molecule has 3 rings (SSSR count). The van der Waals surface area contributed by atoms with Gasteiger partial charge in [0, 0.05) is 30.1 Å². The number of likely N-dealkylation sites (tertiary alicyclic amines) is 1. The van der Waals surface area contributed by atoms with Crippen LogP contribution in [0.25, 0.3) is 10.9 Å². The molecular weight excluding hydrogens is 318 g/mol. The molecule has 1 aromatic carbocycles. The number of amides is 1. The van der Waals surface area contributed by atoms with Gasteiger partial charge in [-0.3, -0.25) is 4.79 Å². The summed E-state index contributed by atoms with van der Waals surface area (Å²) >= 11 is 0. The van der Waals surface area contributed by atoms with Crippen LogP contribution in [0.4, 0.5) is 8.78 Å². The summed E-state index contributed by atoms with van der Waals surface area (Å²) in [7, 11) is 0. The number of rotatable bonds is 4. The van der Waals surface area contributed by atoms with Crippen molar-refractivity contribution in [1.82, 2.24) is 9.88 Å². The lowest BCUT2D eigenvalue weighted by Gasteiger charge is -2.36. The standard InChI is InChI=1S/C17H20F2N2O3/c1-10-7-11(9-22)5-6-21(10)16(23)14-8-12-13(20-14)3-2-4-15(12)24-17(18)19/h2-4,8,10-11,17,20,22H,5-7,9H2,1H3/t10-,11-/m0/s1. The predicted molar refractivity (Wildman–Crippen MR) is 85.2 cm³/mol. The van der Waals surface area contributed by atoms with Gasteiger partial charge < -0.3 is 19.7 Å². The number of ether oxygens (including phenoxy) is 1. The lowest BCUT2D eigenvalue weighted by molar-refractivity contribution is -0.0487. The zero-order valence-corrected chi connectivity index (χ0v) is 13.3. The fourth-order valence-electron chi connectivity index (χ4n) is 3.33. The van der Waals surface area contributed by atoms with Crippen LogP contribution in [-0.2, 0) is 0 Å². The number of carbonyl (C=O) groups excluding carboxylic acids is 1. The number of hydrogen-bond donors (Lipinski definition) is 2. The van der Waals surface area contributed by atoms with Gasteiger partial charge in [0.05, 0.1) is 0 Å². The fraction of sp³-hybridized carbons (Fsp3) is 0.471. The number of nitrogens with one attached hydrogen (secondary N) is 1. The first kappa shape index (κ1) is 16.7. The highest BCUT2D eigenvalue weighted by molar-refractivity contribution is 5.99. The Kier molecular flexibility index (Phi) is 4.71. The first-order chi connectivity index (χ1) is 11.5. The number of aliphatic hydroxyl groups excluding tert-OH is 1. The van der Waals surface area contributed by atoms with Gasteiger partial charge in [0.25, 0.3) is 5.91 Å². The van der Waals surface area contributed by atoms with Gasteiger partial charge in [0.15, 0.2) is 0 Å². The normalized spacial score (nSPS) is 21.5. The number of hydrogen-bond acceptors (Lipinski definition) is 3. The molecule has 0 aliphatic carbocycles. The smallest absolute Gasteiger partial charge is 0.387 e. The first-order valence-corrected chi connectivity index (χ1v) is 7.98. The maximum atomic E-state index is 12.8. The maximum absolute atomic E-state index is 12.8. The number of piperidine rings is 1. The minimum absolute atomic E-state index is 0.0200. The number of fused-ring (bicyclic) bond motifs is 1. The molecule has 24 heavy (non-hydrogen) atoms. The Hall–Kier alpha value is -2.15. The molecule has 1 aliphatic heterocycles. The van der Waals surface area contributed by atoms with Crippen LogP contribution in [-0.4, -0.2) is 46.7 Å². The van der Waals surface area contributed by atoms with Crippen LogP contribution in [0.5, 0.6) is 5.75 Å². The summed E-state index contributed by atoms with van der Waals surface area (Å²) in [6.07, 6.45) is 1.51. The lowest BCUT2D eigenvalue weighted by atomic mass is 9.92. The van der Waals surface area contributed by atoms with Crippen molar-refractivity contribution in [2.24, 2.45) is 5.92 Å². The van der Waals surface area contributed by atoms with Gasteiger partial charge in [-0.2, -0.15) is 8.78 Å². The molecule has 2 N–H and O–H groups in total. The molecule has 1 aromatic heterocycles. The minimum Gasteiger partial charge on any atom is -0.434 e. The molecular formula is C17H20F2N2O3. The number of aliphatic hydroxyl groups is 1. The van der Waals surface area contributed by atoms with E-state index in [2.05, 4.69) is 9.72 Å². The summed E-state index contributed by atoms with van der Waals surface area (Å²) in [6, 6.07) is 6.34. The number of alkyl halides is 2. The Morgan fingerprint density at radius 3 is 2.96 bits per heavy atom. The van der Waals surface area contributed by atoms with Gasteiger partial charge in [-0.1, -0.05) is 6.07 Å². The van der Waals surface area contributed by atoms with E-state index in [-0.39, 0.29) is 30.2 Å². The Bertz CT molecular complexity index is 732. The monoisotopic (exact) mass is 338 g/mol. The summed E-state index contributed by atoms with van der Waals surface area (Å²) in [5, 5.41) is 9.72. The lowest BCUT2D eigenvalue weighted by Crippen LogP contribution is -2.45. The summed E-state index contributed by atoms with van der Waals surface area (Å²) in [4.78, 5) is 17.5. The van der Waals surface area contributed by atoms with E-state index < -0.39 is 6.61 Å². The molecule has 1 aliphatic rings. The Morgan fingerprint density at radius 1 is 1.50 bits per heavy atom. The SMILES string of the molecule is C[C@H]1C[C@@H](CO)CCN1C(=O)c1cc2c(OC(F)F)cccc2[nH]1. The third kappa shape index (κ3) is 3.21. The molecule has 1 saturated heterocycles. The molecule has 130 valence electrons. The van der Waals surface area contributed by atoms with Crippen molar-refractivity contribution in [3.8, 4) is 5.75 Å². The third-order valence-corrected chi connectivity index (χ3v) is 4.57. The van der Waals surface area contributed by atoms with Crippen LogP contribution < -0.4 is 4.74 Å². The molecule has 2 aromatic rings. The molecule has 0 unspecified atom stereocenters. The molecule has 5 nitrogen and oxygen atoms in total. The minimum atomic E-state index is -2.91. The molecule has 0 bridgehead atoms. The van der Waals surface area contributed by atoms with E-state index in [1.54, 1.807) is 23.1 Å². The highest BCUT2D eigenvalue weighted by Gasteiger charge is 2.30. The number of nitrogens with zero attached hydrogens (tertiary/aromatic N) is 1. The largest absolute Gasteiger partial charge is 0.434 e. The Morgan fingerprint density at radius 2 is 2.29 bits per heavy atom. The highest BCUT2D eigenvalue weighted by atomic mass is 19.3. The van der Waals surface area contributed by atoms with Crippen LogP contribution >= 0.6 is 0 Å². The van der Waals surface area contributed by atoms with E-state index in [9.17, 15) is 18.7 Å². The van der Waals surface area contributed by atoms with E-state index in [4.69, 9.17) is 0 Å². The number of aromatic nitrogens is 1. The van der Waals surface area contributed by atoms with Gasteiger partial charge >= 0.3 is 6.61 Å². The second-order valence-corrected chi connectivity index (χ2v) is 6.20. The Labute approximate surface area is 138 Å². The molecule has 0 radical (unpaired) electrons. The molecule has 2 atom stereocenters. The number of benzene rings is 1. The van der Waals surface area contributed by atoms with Crippen LogP contribution in [0.3, 0.4) is 0 Å². The van der Waals surface area contributed by atoms with Crippen molar-refractivity contribution >= 4 is 16.8 Å². The highest BCUT2D eigenvalue weighted by Crippen LogP contribution is 2.29. The van der Waals surface area contributed by atoms with E-state index in [1.165, 1.54) is 6.07 Å². The van der Waals surface area contributed by atoms with E-state index >= 15 is 0 Å². The second kappa shape index (κ2) is 6.76. The summed E-state index contributed by atoms with van der Waals surface area (Å²) < 4.78 is 29.5. The van der Waals surface area contributed by atoms with Crippen LogP contribution in [0.15, 0.2) is 24.3 Å². The molecule has 0 spiro atoms. The summed E-state index contributed by atoms with van der Waals surface area (Å²) in [5.74, 6) is 0.0979. The molecule has 1 fully saturated rings. The van der Waals surface area contributed by atoms with Gasteiger partial charge in [-0.15, -0.1) is 0 Å². The van der Waals surface area contributed by atoms with Gasteiger partial charge in [-0.05, 0) is 43.9 Å². The van der Waals surface area contributed by atoms with Crippen molar-refractivity contribution in [3.63, 3.8) is 0 Å². The van der Waals surface area contributed by atoms with Gasteiger partial charge in [0.2, 0.25) is 0 Å². The number of H-pyrrole nitrogens is 1. The van der Waals surface area contributed by atoms with Crippen LogP contribution in [0, 0.1) is 5.92 Å². The zero-order chi connectivity index (χ0) is 17.3. The van der Waals surface area contributed by atoms with E-state index in [0.29, 0.717) is 23.1 Å². The average molecular weight is 338 g/mol. The van der Waals surface area contributed by atoms with Crippen molar-refractivity contribution in [3.05, 3.63) is 30.0 Å². The molecule has 7 heteroatoms. The van der Waals surface area contributed by atoms with Gasteiger partial charge in [-0.25, -0.2) is 0 Å². The second-order valence-electron chi connectivity index (χ2n) is 6.20. The first-order valence-electron chi connectivity index (χ1n) is 7.98. The van der Waals surface area contributed by atoms with Crippen molar-refractivity contribution in [2.45, 2.75) is 32.4 Å². The Balaban J connectivity index is 1.85. The van der Waals surface area contributed by atoms with Gasteiger partial charge in [0.1, 0.15) is 11.4 Å². The van der Waals surface area contributed by atoms with Crippen molar-refractivity contribution in [2.75, 3.05) is 13.2 Å². The predicted octanol–water partition coefficient (Wildman–Crippen LogP) is 3.00. The quantitative estimate of drug-likeness (QED) is 0.901. The number of carbonyl (C=O) groups is 1. The summed E-state index contributed by atoms with van der Waals surface area (Å²) in [6.45, 7) is -0.260. The topological polar surface area (TPSA) is 65.6 Å². The fourth-order valence-corrected chi connectivity index (χ4v) is 3.33. The van der Waals surface area contributed by atoms with E-state index in [1.807, 2.05) is 6.92 Å². The van der Waals surface area contributed by atoms with Crippen molar-refractivity contribution < 1.29 is 23.4 Å². The zero-order valence-electron chi connectivity index (χ0n) is 13.3.